The van der Waals surface area contributed by atoms with Gasteiger partial charge in [-0.15, -0.1) is 0 Å². The van der Waals surface area contributed by atoms with Crippen molar-refractivity contribution in [2.75, 3.05) is 26.4 Å². The molecule has 0 saturated carbocycles. The molecule has 520 valence electrons. The maximum Gasteiger partial charge on any atom is 0.472 e. The summed E-state index contributed by atoms with van der Waals surface area (Å²) < 4.78 is 33.2. The van der Waals surface area contributed by atoms with E-state index in [4.69, 9.17) is 24.3 Å². The fourth-order valence-corrected chi connectivity index (χ4v) is 12.2. The Balaban J connectivity index is 3.75. The van der Waals surface area contributed by atoms with Crippen molar-refractivity contribution in [2.24, 2.45) is 5.73 Å². The van der Waals surface area contributed by atoms with Gasteiger partial charge in [-0.3, -0.25) is 18.6 Å². The number of phosphoric ester groups is 1. The Morgan fingerprint density at radius 1 is 0.348 bits per heavy atom. The molecular formula is C79H146NO8P. The zero-order valence-electron chi connectivity index (χ0n) is 58.7. The molecule has 0 aliphatic heterocycles. The van der Waals surface area contributed by atoms with Crippen LogP contribution in [0.2, 0.25) is 0 Å². The van der Waals surface area contributed by atoms with Crippen molar-refractivity contribution in [1.82, 2.24) is 0 Å². The average Bonchev–Trinajstić information content (AvgIpc) is 3.58. The molecular weight excluding hydrogens is 1120 g/mol. The van der Waals surface area contributed by atoms with Crippen molar-refractivity contribution in [3.05, 3.63) is 72.9 Å². The highest BCUT2D eigenvalue weighted by Gasteiger charge is 2.26. The summed E-state index contributed by atoms with van der Waals surface area (Å²) in [4.78, 5) is 35.4. The van der Waals surface area contributed by atoms with Crippen LogP contribution in [0.25, 0.3) is 0 Å². The number of hydrogen-bond donors (Lipinski definition) is 2. The van der Waals surface area contributed by atoms with Crippen molar-refractivity contribution in [2.45, 2.75) is 392 Å². The predicted octanol–water partition coefficient (Wildman–Crippen LogP) is 25.5. The lowest BCUT2D eigenvalue weighted by Crippen LogP contribution is -2.29. The molecule has 0 aliphatic carbocycles. The Labute approximate surface area is 552 Å². The summed E-state index contributed by atoms with van der Waals surface area (Å²) in [6.45, 7) is 3.69. The number of esters is 2. The van der Waals surface area contributed by atoms with E-state index in [0.717, 1.165) is 64.2 Å². The lowest BCUT2D eigenvalue weighted by molar-refractivity contribution is -0.161. The van der Waals surface area contributed by atoms with E-state index in [1.165, 1.54) is 289 Å². The fraction of sp³-hybridized carbons (Fsp3) is 0.823. The molecule has 0 aromatic carbocycles. The maximum atomic E-state index is 12.8. The number of phosphoric acid groups is 1. The summed E-state index contributed by atoms with van der Waals surface area (Å²) in [5.41, 5.74) is 5.41. The third kappa shape index (κ3) is 74.4. The molecule has 0 saturated heterocycles. The van der Waals surface area contributed by atoms with Gasteiger partial charge in [0, 0.05) is 19.4 Å². The normalized spacial score (nSPS) is 13.3. The van der Waals surface area contributed by atoms with Gasteiger partial charge < -0.3 is 20.1 Å². The number of allylic oxidation sites excluding steroid dienone is 12. The molecule has 89 heavy (non-hydrogen) atoms. The van der Waals surface area contributed by atoms with E-state index in [-0.39, 0.29) is 38.6 Å². The van der Waals surface area contributed by atoms with E-state index < -0.39 is 26.5 Å². The van der Waals surface area contributed by atoms with Crippen LogP contribution in [0.5, 0.6) is 0 Å². The van der Waals surface area contributed by atoms with Gasteiger partial charge in [-0.25, -0.2) is 4.57 Å². The van der Waals surface area contributed by atoms with Gasteiger partial charge >= 0.3 is 19.8 Å². The Morgan fingerprint density at radius 3 is 0.921 bits per heavy atom. The first-order chi connectivity index (χ1) is 43.8. The molecule has 0 amide bonds. The second-order valence-corrected chi connectivity index (χ2v) is 27.3. The van der Waals surface area contributed by atoms with Gasteiger partial charge in [0.25, 0.3) is 0 Å². The van der Waals surface area contributed by atoms with Gasteiger partial charge in [0.15, 0.2) is 6.10 Å². The van der Waals surface area contributed by atoms with Gasteiger partial charge in [0.2, 0.25) is 0 Å². The molecule has 10 heteroatoms. The largest absolute Gasteiger partial charge is 0.472 e. The first kappa shape index (κ1) is 86.5. The van der Waals surface area contributed by atoms with Crippen LogP contribution >= 0.6 is 7.82 Å². The minimum absolute atomic E-state index is 0.0547. The van der Waals surface area contributed by atoms with E-state index in [1.807, 2.05) is 0 Å². The molecule has 0 aromatic rings. The van der Waals surface area contributed by atoms with Gasteiger partial charge in [0.05, 0.1) is 13.2 Å². The highest BCUT2D eigenvalue weighted by molar-refractivity contribution is 7.47. The molecule has 0 spiro atoms. The molecule has 0 aliphatic rings. The molecule has 2 unspecified atom stereocenters. The first-order valence-electron chi connectivity index (χ1n) is 38.4. The maximum absolute atomic E-state index is 12.8. The number of unbranched alkanes of at least 4 members (excludes halogenated alkanes) is 48. The Hall–Kier alpha value is -2.55. The van der Waals surface area contributed by atoms with Gasteiger partial charge in [-0.05, 0) is 83.5 Å². The molecule has 3 N–H and O–H groups in total. The van der Waals surface area contributed by atoms with E-state index >= 15 is 0 Å². The lowest BCUT2D eigenvalue weighted by Gasteiger charge is -2.19. The summed E-state index contributed by atoms with van der Waals surface area (Å²) in [5.74, 6) is -0.807. The van der Waals surface area contributed by atoms with Gasteiger partial charge in [0.1, 0.15) is 6.61 Å². The van der Waals surface area contributed by atoms with Crippen LogP contribution in [0.15, 0.2) is 72.9 Å². The van der Waals surface area contributed by atoms with Crippen LogP contribution in [0, 0.1) is 0 Å². The van der Waals surface area contributed by atoms with Crippen molar-refractivity contribution in [3.63, 3.8) is 0 Å². The number of rotatable bonds is 73. The second-order valence-electron chi connectivity index (χ2n) is 25.8. The summed E-state index contributed by atoms with van der Waals surface area (Å²) in [7, 11) is -4.39. The van der Waals surface area contributed by atoms with Gasteiger partial charge in [-0.2, -0.15) is 0 Å². The SMILES string of the molecule is CC/C=C\C/C=C\C/C=C\C/C=C\CCCCCCCCCCCCCCCCCCCCCCCCCCCCCCC(=O)OC(COC(=O)CCCCCCCCCCCCCCCCC/C=C\C/C=C\CCCCCCC)COP(=O)(O)OCCN. The van der Waals surface area contributed by atoms with Crippen molar-refractivity contribution in [3.8, 4) is 0 Å². The summed E-state index contributed by atoms with van der Waals surface area (Å²) in [6.07, 6.45) is 98.9. The highest BCUT2D eigenvalue weighted by Crippen LogP contribution is 2.43. The van der Waals surface area contributed by atoms with Crippen LogP contribution in [-0.4, -0.2) is 49.3 Å². The molecule has 0 rings (SSSR count). The monoisotopic (exact) mass is 1270 g/mol. The molecule has 9 nitrogen and oxygen atoms in total. The van der Waals surface area contributed by atoms with Crippen molar-refractivity contribution in [1.29, 1.82) is 0 Å². The van der Waals surface area contributed by atoms with Crippen LogP contribution in [0.4, 0.5) is 0 Å². The van der Waals surface area contributed by atoms with Crippen LogP contribution in [-0.2, 0) is 32.7 Å². The quantitative estimate of drug-likeness (QED) is 0.0264. The van der Waals surface area contributed by atoms with Gasteiger partial charge in [-0.1, -0.05) is 363 Å². The van der Waals surface area contributed by atoms with Crippen molar-refractivity contribution >= 4 is 19.8 Å². The average molecular weight is 1270 g/mol. The molecule has 0 aromatic heterocycles. The number of carbonyl (C=O) groups excluding carboxylic acids is 2. The smallest absolute Gasteiger partial charge is 0.462 e. The Morgan fingerprint density at radius 2 is 0.618 bits per heavy atom. The van der Waals surface area contributed by atoms with Crippen molar-refractivity contribution < 1.29 is 37.6 Å². The summed E-state index contributed by atoms with van der Waals surface area (Å²) >= 11 is 0. The van der Waals surface area contributed by atoms with Crippen LogP contribution in [0.1, 0.15) is 386 Å². The van der Waals surface area contributed by atoms with E-state index in [9.17, 15) is 19.0 Å². The molecule has 0 fully saturated rings. The number of ether oxygens (including phenoxy) is 2. The van der Waals surface area contributed by atoms with E-state index in [1.54, 1.807) is 0 Å². The molecule has 0 heterocycles. The fourth-order valence-electron chi connectivity index (χ4n) is 11.4. The Kier molecular flexibility index (Phi) is 72.4. The minimum Gasteiger partial charge on any atom is -0.462 e. The zero-order chi connectivity index (χ0) is 64.4. The number of nitrogens with two attached hydrogens (primary N) is 1. The van der Waals surface area contributed by atoms with Crippen LogP contribution < -0.4 is 5.73 Å². The Bertz CT molecular complexity index is 1690. The zero-order valence-corrected chi connectivity index (χ0v) is 59.6. The third-order valence-electron chi connectivity index (χ3n) is 17.1. The number of carbonyl (C=O) groups is 2. The standard InChI is InChI=1S/C79H146NO8P/c1-3-5-7-9-11-13-15-17-19-21-23-25-27-29-31-32-33-34-35-36-37-38-39-40-41-42-43-44-46-48-50-52-54-56-58-60-62-64-66-68-70-72-79(82)88-77(76-87-89(83,84)86-74-73-80)75-85-78(81)71-69-67-65-63-61-59-57-55-53-51-49-47-45-30-28-26-24-22-20-18-16-14-12-10-8-6-4-2/h5,7,11,13,16-19,22-25,77H,3-4,6,8-10,12,14-15,20-21,26-76,80H2,1-2H3,(H,83,84)/b7-5-,13-11-,18-16-,19-17-,24-22-,25-23-. The lowest BCUT2D eigenvalue weighted by atomic mass is 10.0. The summed E-state index contributed by atoms with van der Waals surface area (Å²) in [6, 6.07) is 0. The molecule has 2 atom stereocenters. The van der Waals surface area contributed by atoms with Crippen LogP contribution in [0.3, 0.4) is 0 Å². The molecule has 0 bridgehead atoms. The predicted molar refractivity (Wildman–Crippen MR) is 386 cm³/mol. The summed E-state index contributed by atoms with van der Waals surface area (Å²) in [5, 5.41) is 0. The molecule has 0 radical (unpaired) electrons. The highest BCUT2D eigenvalue weighted by atomic mass is 31.2. The second kappa shape index (κ2) is 74.5. The van der Waals surface area contributed by atoms with E-state index in [2.05, 4.69) is 86.8 Å². The topological polar surface area (TPSA) is 134 Å². The first-order valence-corrected chi connectivity index (χ1v) is 39.9. The minimum atomic E-state index is -4.39. The third-order valence-corrected chi connectivity index (χ3v) is 18.1. The number of hydrogen-bond acceptors (Lipinski definition) is 8. The van der Waals surface area contributed by atoms with E-state index in [0.29, 0.717) is 6.42 Å².